The molecule has 0 fully saturated rings. The van der Waals surface area contributed by atoms with Crippen molar-refractivity contribution >= 4 is 5.95 Å². The molecule has 0 amide bonds. The van der Waals surface area contributed by atoms with E-state index >= 15 is 0 Å². The highest BCUT2D eigenvalue weighted by atomic mass is 16.5. The normalized spacial score (nSPS) is 14.2. The fourth-order valence-electron chi connectivity index (χ4n) is 1.24. The van der Waals surface area contributed by atoms with Crippen molar-refractivity contribution in [3.05, 3.63) is 11.8 Å². The number of aryl methyl sites for hydroxylation is 1. The number of aromatic nitrogens is 2. The Bertz CT molecular complexity index is 367. The van der Waals surface area contributed by atoms with Gasteiger partial charge in [0.15, 0.2) is 0 Å². The summed E-state index contributed by atoms with van der Waals surface area (Å²) in [5.74, 6) is 1.04. The monoisotopic (exact) mass is 239 g/mol. The lowest BCUT2D eigenvalue weighted by molar-refractivity contribution is 0.0695. The molecule has 1 aromatic heterocycles. The van der Waals surface area contributed by atoms with E-state index < -0.39 is 5.60 Å². The van der Waals surface area contributed by atoms with Gasteiger partial charge in [0, 0.05) is 18.3 Å². The van der Waals surface area contributed by atoms with Crippen LogP contribution in [0.3, 0.4) is 0 Å². The fraction of sp³-hybridized carbons (Fsp3) is 0.667. The molecule has 2 N–H and O–H groups in total. The molecule has 17 heavy (non-hydrogen) atoms. The van der Waals surface area contributed by atoms with E-state index in [4.69, 9.17) is 4.74 Å². The standard InChI is InChI=1S/C12H21N3O2/c1-5-12(4,16)8-13-11-14-9(3)7-10(15-11)17-6-2/h7,16H,5-6,8H2,1-4H3,(H,13,14,15). The van der Waals surface area contributed by atoms with E-state index in [0.29, 0.717) is 31.4 Å². The Kier molecular flexibility index (Phi) is 4.69. The highest BCUT2D eigenvalue weighted by Crippen LogP contribution is 2.14. The Morgan fingerprint density at radius 2 is 2.12 bits per heavy atom. The van der Waals surface area contributed by atoms with Gasteiger partial charge in [-0.15, -0.1) is 0 Å². The van der Waals surface area contributed by atoms with Crippen LogP contribution in [0, 0.1) is 6.92 Å². The summed E-state index contributed by atoms with van der Waals surface area (Å²) < 4.78 is 5.33. The Labute approximate surface area is 102 Å². The van der Waals surface area contributed by atoms with Gasteiger partial charge in [0.05, 0.1) is 12.2 Å². The van der Waals surface area contributed by atoms with E-state index in [9.17, 15) is 5.11 Å². The maximum absolute atomic E-state index is 9.88. The third-order valence-corrected chi connectivity index (χ3v) is 2.51. The summed E-state index contributed by atoms with van der Waals surface area (Å²) in [5, 5.41) is 12.9. The maximum atomic E-state index is 9.88. The van der Waals surface area contributed by atoms with Gasteiger partial charge in [-0.3, -0.25) is 0 Å². The van der Waals surface area contributed by atoms with Crippen molar-refractivity contribution in [1.82, 2.24) is 9.97 Å². The topological polar surface area (TPSA) is 67.3 Å². The summed E-state index contributed by atoms with van der Waals surface area (Å²) in [5.41, 5.74) is 0.0842. The van der Waals surface area contributed by atoms with Crippen molar-refractivity contribution < 1.29 is 9.84 Å². The van der Waals surface area contributed by atoms with E-state index in [0.717, 1.165) is 5.69 Å². The van der Waals surface area contributed by atoms with Crippen molar-refractivity contribution in [3.8, 4) is 5.88 Å². The lowest BCUT2D eigenvalue weighted by Crippen LogP contribution is -2.33. The minimum atomic E-state index is -0.751. The van der Waals surface area contributed by atoms with Crippen LogP contribution in [0.1, 0.15) is 32.9 Å². The van der Waals surface area contributed by atoms with E-state index in [-0.39, 0.29) is 0 Å². The van der Waals surface area contributed by atoms with Crippen molar-refractivity contribution in [3.63, 3.8) is 0 Å². The molecule has 1 unspecified atom stereocenters. The smallest absolute Gasteiger partial charge is 0.226 e. The maximum Gasteiger partial charge on any atom is 0.226 e. The van der Waals surface area contributed by atoms with Gasteiger partial charge in [0.2, 0.25) is 11.8 Å². The van der Waals surface area contributed by atoms with Crippen LogP contribution >= 0.6 is 0 Å². The first-order chi connectivity index (χ1) is 7.96. The summed E-state index contributed by atoms with van der Waals surface area (Å²) in [4.78, 5) is 8.45. The van der Waals surface area contributed by atoms with Crippen LogP contribution in [0.2, 0.25) is 0 Å². The van der Waals surface area contributed by atoms with E-state index in [1.807, 2.05) is 20.8 Å². The number of aliphatic hydroxyl groups is 1. The molecule has 0 aliphatic carbocycles. The Hall–Kier alpha value is -1.36. The van der Waals surface area contributed by atoms with Crippen LogP contribution in [-0.4, -0.2) is 33.8 Å². The zero-order valence-electron chi connectivity index (χ0n) is 10.9. The molecule has 5 heteroatoms. The van der Waals surface area contributed by atoms with Crippen LogP contribution < -0.4 is 10.1 Å². The van der Waals surface area contributed by atoms with Crippen LogP contribution in [-0.2, 0) is 0 Å². The number of nitrogens with zero attached hydrogens (tertiary/aromatic N) is 2. The molecule has 0 saturated carbocycles. The number of anilines is 1. The molecule has 0 aromatic carbocycles. The lowest BCUT2D eigenvalue weighted by Gasteiger charge is -2.21. The molecule has 96 valence electrons. The average molecular weight is 239 g/mol. The molecule has 0 bridgehead atoms. The largest absolute Gasteiger partial charge is 0.478 e. The average Bonchev–Trinajstić information content (AvgIpc) is 2.26. The number of rotatable bonds is 6. The lowest BCUT2D eigenvalue weighted by atomic mass is 10.0. The molecule has 0 aliphatic rings. The highest BCUT2D eigenvalue weighted by Gasteiger charge is 2.17. The zero-order chi connectivity index (χ0) is 12.9. The summed E-state index contributed by atoms with van der Waals surface area (Å²) in [7, 11) is 0. The summed E-state index contributed by atoms with van der Waals surface area (Å²) >= 11 is 0. The molecule has 5 nitrogen and oxygen atoms in total. The molecule has 1 aromatic rings. The first kappa shape index (κ1) is 13.7. The van der Waals surface area contributed by atoms with E-state index in [2.05, 4.69) is 15.3 Å². The molecular weight excluding hydrogens is 218 g/mol. The minimum absolute atomic E-state index is 0.415. The van der Waals surface area contributed by atoms with Crippen molar-refractivity contribution in [2.75, 3.05) is 18.5 Å². The van der Waals surface area contributed by atoms with Crippen molar-refractivity contribution in [1.29, 1.82) is 0 Å². The zero-order valence-corrected chi connectivity index (χ0v) is 10.9. The van der Waals surface area contributed by atoms with Crippen LogP contribution in [0.25, 0.3) is 0 Å². The van der Waals surface area contributed by atoms with Crippen LogP contribution in [0.5, 0.6) is 5.88 Å². The molecule has 1 heterocycles. The first-order valence-corrected chi connectivity index (χ1v) is 5.91. The Morgan fingerprint density at radius 1 is 1.41 bits per heavy atom. The van der Waals surface area contributed by atoms with Crippen molar-refractivity contribution in [2.45, 2.75) is 39.7 Å². The number of hydrogen-bond acceptors (Lipinski definition) is 5. The van der Waals surface area contributed by atoms with Gasteiger partial charge in [-0.1, -0.05) is 6.92 Å². The highest BCUT2D eigenvalue weighted by molar-refractivity contribution is 5.31. The third-order valence-electron chi connectivity index (χ3n) is 2.51. The third kappa shape index (κ3) is 4.56. The van der Waals surface area contributed by atoms with Gasteiger partial charge in [0.1, 0.15) is 0 Å². The van der Waals surface area contributed by atoms with E-state index in [1.54, 1.807) is 13.0 Å². The first-order valence-electron chi connectivity index (χ1n) is 5.91. The second kappa shape index (κ2) is 5.82. The molecule has 0 saturated heterocycles. The van der Waals surface area contributed by atoms with Gasteiger partial charge >= 0.3 is 0 Å². The van der Waals surface area contributed by atoms with Crippen molar-refractivity contribution in [2.24, 2.45) is 0 Å². The quantitative estimate of drug-likeness (QED) is 0.791. The second-order valence-electron chi connectivity index (χ2n) is 4.31. The number of hydrogen-bond donors (Lipinski definition) is 2. The molecule has 0 spiro atoms. The SMILES string of the molecule is CCOc1cc(C)nc(NCC(C)(O)CC)n1. The van der Waals surface area contributed by atoms with E-state index in [1.165, 1.54) is 0 Å². The predicted molar refractivity (Wildman–Crippen MR) is 67.3 cm³/mol. The van der Waals surface area contributed by atoms with Crippen LogP contribution in [0.4, 0.5) is 5.95 Å². The molecule has 1 rings (SSSR count). The summed E-state index contributed by atoms with van der Waals surface area (Å²) in [6, 6.07) is 1.78. The van der Waals surface area contributed by atoms with Gasteiger partial charge in [0.25, 0.3) is 0 Å². The van der Waals surface area contributed by atoms with Gasteiger partial charge < -0.3 is 15.2 Å². The minimum Gasteiger partial charge on any atom is -0.478 e. The fourth-order valence-corrected chi connectivity index (χ4v) is 1.24. The van der Waals surface area contributed by atoms with Gasteiger partial charge in [-0.2, -0.15) is 4.98 Å². The summed E-state index contributed by atoms with van der Waals surface area (Å²) in [6.45, 7) is 8.49. The van der Waals surface area contributed by atoms with Gasteiger partial charge in [-0.25, -0.2) is 4.98 Å². The van der Waals surface area contributed by atoms with Gasteiger partial charge in [-0.05, 0) is 27.2 Å². The Morgan fingerprint density at radius 3 is 2.71 bits per heavy atom. The number of ether oxygens (including phenoxy) is 1. The number of nitrogens with one attached hydrogen (secondary N) is 1. The Balaban J connectivity index is 2.70. The molecule has 0 radical (unpaired) electrons. The molecule has 1 atom stereocenters. The molecule has 0 aliphatic heterocycles. The summed E-state index contributed by atoms with van der Waals surface area (Å²) in [6.07, 6.45) is 0.671. The predicted octanol–water partition coefficient (Wildman–Crippen LogP) is 1.76. The second-order valence-corrected chi connectivity index (χ2v) is 4.31. The molecular formula is C12H21N3O2. The van der Waals surface area contributed by atoms with Crippen LogP contribution in [0.15, 0.2) is 6.07 Å².